The molecule has 8 N–H and O–H groups in total. The molecule has 0 aliphatic carbocycles. The Bertz CT molecular complexity index is 3140. The largest absolute Gasteiger partial charge is 0.507 e. The lowest BCUT2D eigenvalue weighted by Gasteiger charge is -2.38. The van der Waals surface area contributed by atoms with Crippen LogP contribution in [0.15, 0.2) is 78.9 Å². The smallest absolute Gasteiger partial charge is 0.270 e. The number of non-ortho nitro benzene ring substituents is 3. The molecule has 4 aliphatic rings. The molecule has 4 heterocycles. The highest BCUT2D eigenvalue weighted by molar-refractivity contribution is 5.93. The minimum absolute atomic E-state index is 0.0571. The number of carbonyl (C=O) groups excluding carboxylic acids is 3. The van der Waals surface area contributed by atoms with Crippen LogP contribution in [0.4, 0.5) is 22.7 Å². The second kappa shape index (κ2) is 33.9. The zero-order valence-corrected chi connectivity index (χ0v) is 51.7. The van der Waals surface area contributed by atoms with Crippen LogP contribution in [0.5, 0.6) is 17.2 Å². The molecule has 8 rings (SSSR count). The lowest BCUT2D eigenvalue weighted by atomic mass is 9.94. The molecule has 0 spiro atoms. The highest BCUT2D eigenvalue weighted by Gasteiger charge is 2.38. The second-order valence-corrected chi connectivity index (χ2v) is 24.1. The first-order valence-corrected chi connectivity index (χ1v) is 31.5. The summed E-state index contributed by atoms with van der Waals surface area (Å²) in [7, 11) is 0. The zero-order chi connectivity index (χ0) is 66.0. The van der Waals surface area contributed by atoms with Crippen molar-refractivity contribution in [3.63, 3.8) is 0 Å². The maximum absolute atomic E-state index is 13.2. The fourth-order valence-electron chi connectivity index (χ4n) is 12.0. The van der Waals surface area contributed by atoms with Crippen molar-refractivity contribution in [1.82, 2.24) is 10.6 Å². The van der Waals surface area contributed by atoms with Gasteiger partial charge in [0.25, 0.3) is 17.1 Å². The summed E-state index contributed by atoms with van der Waals surface area (Å²) in [6.07, 6.45) is -2.55. The Labute approximate surface area is 531 Å². The molecule has 4 saturated heterocycles. The van der Waals surface area contributed by atoms with Crippen LogP contribution in [-0.4, -0.2) is 132 Å². The first kappa shape index (κ1) is 70.4. The van der Waals surface area contributed by atoms with Gasteiger partial charge in [0.1, 0.15) is 17.2 Å². The number of anilines is 1. The number of carbonyl (C=O) groups is 3. The number of aliphatic hydroxyl groups excluding tert-OH is 2. The highest BCUT2D eigenvalue weighted by Crippen LogP contribution is 2.42. The number of benzene rings is 4. The lowest BCUT2D eigenvalue weighted by molar-refractivity contribution is -0.385. The van der Waals surface area contributed by atoms with Crippen molar-refractivity contribution in [2.75, 3.05) is 11.9 Å². The molecule has 3 amide bonds. The van der Waals surface area contributed by atoms with E-state index in [4.69, 9.17) is 37.9 Å². The number of rotatable bonds is 31. The van der Waals surface area contributed by atoms with Gasteiger partial charge in [-0.05, 0) is 126 Å². The van der Waals surface area contributed by atoms with E-state index in [1.54, 1.807) is 31.2 Å². The molecule has 4 fully saturated rings. The Kier molecular flexibility index (Phi) is 25.9. The van der Waals surface area contributed by atoms with Gasteiger partial charge in [-0.1, -0.05) is 19.1 Å². The average molecular weight is 1290 g/mol. The van der Waals surface area contributed by atoms with E-state index >= 15 is 0 Å². The number of aromatic hydroxyl groups is 3. The minimum Gasteiger partial charge on any atom is -0.507 e. The number of phenolic OH excluding ortho intramolecular Hbond substituents is 3. The van der Waals surface area contributed by atoms with Gasteiger partial charge in [0.2, 0.25) is 17.7 Å². The van der Waals surface area contributed by atoms with E-state index in [0.29, 0.717) is 102 Å². The second-order valence-electron chi connectivity index (χ2n) is 24.1. The summed E-state index contributed by atoms with van der Waals surface area (Å²) in [5, 5.41) is 98.2. The van der Waals surface area contributed by atoms with Gasteiger partial charge in [0, 0.05) is 87.7 Å². The summed E-state index contributed by atoms with van der Waals surface area (Å²) in [6, 6.07) is 17.8. The van der Waals surface area contributed by atoms with Gasteiger partial charge in [-0.2, -0.15) is 0 Å². The third-order valence-corrected chi connectivity index (χ3v) is 16.8. The topological polar surface area (TPSA) is 392 Å². The molecular formula is C64H84N6O22. The van der Waals surface area contributed by atoms with Gasteiger partial charge >= 0.3 is 0 Å². The van der Waals surface area contributed by atoms with E-state index in [9.17, 15) is 70.3 Å². The molecule has 14 atom stereocenters. The Hall–Kier alpha value is -7.51. The Morgan fingerprint density at radius 3 is 1.43 bits per heavy atom. The van der Waals surface area contributed by atoms with Gasteiger partial charge in [-0.15, -0.1) is 0 Å². The molecule has 0 radical (unpaired) electrons. The quantitative estimate of drug-likeness (QED) is 0.0172. The van der Waals surface area contributed by atoms with Crippen LogP contribution in [0.3, 0.4) is 0 Å². The zero-order valence-electron chi connectivity index (χ0n) is 51.7. The van der Waals surface area contributed by atoms with Gasteiger partial charge < -0.3 is 79.4 Å². The summed E-state index contributed by atoms with van der Waals surface area (Å²) in [6.45, 7) is 5.46. The van der Waals surface area contributed by atoms with Crippen molar-refractivity contribution in [1.29, 1.82) is 0 Å². The lowest BCUT2D eigenvalue weighted by Crippen LogP contribution is -2.45. The van der Waals surface area contributed by atoms with Crippen molar-refractivity contribution < 1.29 is 92.6 Å². The number of nitro groups is 3. The first-order chi connectivity index (χ1) is 44.0. The molecule has 28 nitrogen and oxygen atoms in total. The number of nitrogens with one attached hydrogen (secondary N) is 3. The van der Waals surface area contributed by atoms with Crippen LogP contribution in [0.2, 0.25) is 0 Å². The van der Waals surface area contributed by atoms with E-state index in [1.165, 1.54) is 61.5 Å². The molecule has 0 aromatic heterocycles. The molecule has 28 heteroatoms. The predicted molar refractivity (Wildman–Crippen MR) is 327 cm³/mol. The fourth-order valence-corrected chi connectivity index (χ4v) is 12.0. The summed E-state index contributed by atoms with van der Waals surface area (Å²) in [4.78, 5) is 70.4. The predicted octanol–water partition coefficient (Wildman–Crippen LogP) is 9.56. The first-order valence-electron chi connectivity index (χ1n) is 31.5. The van der Waals surface area contributed by atoms with Crippen molar-refractivity contribution in [3.8, 4) is 17.2 Å². The molecule has 502 valence electrons. The normalized spacial score (nSPS) is 25.6. The molecule has 4 aromatic rings. The SMILES string of the molecule is CCC1CC(CCCC2CC(CC(O)CCCC3CC(CCCC(O)CC4C[C@H](C)OC(c5cc([N+](=O)[O-])ccc5O)O4)OC(c4cc([N+](=O)[O-])ccc4O)O3)OC(CNC(=O)CCC(=O)Nc3ccc(CNC(C)=O)cc3)O2)OC(c2cc([N+](=O)[O-])ccc2O)O1. The molecular weight excluding hydrogens is 1200 g/mol. The van der Waals surface area contributed by atoms with Gasteiger partial charge in [-0.3, -0.25) is 44.7 Å². The van der Waals surface area contributed by atoms with Crippen LogP contribution >= 0.6 is 0 Å². The van der Waals surface area contributed by atoms with E-state index in [0.717, 1.165) is 5.56 Å². The molecule has 4 aliphatic heterocycles. The number of aliphatic hydroxyl groups is 2. The molecule has 92 heavy (non-hydrogen) atoms. The maximum atomic E-state index is 13.2. The summed E-state index contributed by atoms with van der Waals surface area (Å²) < 4.78 is 49.9. The number of phenols is 3. The van der Waals surface area contributed by atoms with Crippen LogP contribution in [0.1, 0.15) is 177 Å². The van der Waals surface area contributed by atoms with Crippen molar-refractivity contribution in [2.45, 2.75) is 229 Å². The number of ether oxygens (including phenoxy) is 8. The summed E-state index contributed by atoms with van der Waals surface area (Å²) in [5.41, 5.74) is 0.957. The standard InChI is InChI=1S/C64H84N6O22/c1-4-46-32-48(89-63(88-46)54-28-42(69(81)82)19-22-57(54)75)13-7-12-47-34-52(87-61(86-47)36-66-59(77)24-25-60(78)67-40-16-14-39(15-17-40)35-65-38(3)71)31-45(73)9-6-11-50-33-49(90-64(91-50)55-29-43(70(83)84)20-23-58(55)76)10-5-8-44(72)30-51-26-37(2)85-62(92-51)53-27-41(68(79)80)18-21-56(53)74/h14-23,27-29,37,44-52,61-64,72-76H,4-13,24-26,30-36H2,1-3H3,(H,65,71)(H,66,77)(H,67,78)/t37-,44?,45?,46?,47?,48?,49?,50?,51?,52?,61?,62?,63?,64?/m0/s1. The van der Waals surface area contributed by atoms with E-state index in [-0.39, 0.29) is 119 Å². The maximum Gasteiger partial charge on any atom is 0.270 e. The van der Waals surface area contributed by atoms with E-state index in [1.807, 2.05) is 6.92 Å². The minimum atomic E-state index is -1.18. The molecule has 13 unspecified atom stereocenters. The number of nitrogens with zero attached hydrogens (tertiary/aromatic N) is 3. The van der Waals surface area contributed by atoms with Crippen LogP contribution in [0, 0.1) is 30.3 Å². The van der Waals surface area contributed by atoms with Gasteiger partial charge in [-0.25, -0.2) is 0 Å². The summed E-state index contributed by atoms with van der Waals surface area (Å²) >= 11 is 0. The third kappa shape index (κ3) is 21.3. The Morgan fingerprint density at radius 1 is 0.533 bits per heavy atom. The number of amides is 3. The van der Waals surface area contributed by atoms with Gasteiger partial charge in [0.15, 0.2) is 25.2 Å². The Balaban J connectivity index is 0.860. The number of hydrogen-bond acceptors (Lipinski definition) is 22. The number of nitro benzene ring substituents is 3. The number of hydrogen-bond donors (Lipinski definition) is 8. The van der Waals surface area contributed by atoms with Crippen LogP contribution in [0.25, 0.3) is 0 Å². The van der Waals surface area contributed by atoms with E-state index < -0.39 is 82.5 Å². The van der Waals surface area contributed by atoms with Crippen LogP contribution in [-0.2, 0) is 58.8 Å². The third-order valence-electron chi connectivity index (χ3n) is 16.8. The Morgan fingerprint density at radius 2 is 0.946 bits per heavy atom. The molecule has 0 saturated carbocycles. The average Bonchev–Trinajstić information content (AvgIpc) is 0.854. The monoisotopic (exact) mass is 1290 g/mol. The van der Waals surface area contributed by atoms with Gasteiger partial charge in [0.05, 0.1) is 99.0 Å². The molecule has 0 bridgehead atoms. The fraction of sp³-hybridized carbons (Fsp3) is 0.578. The van der Waals surface area contributed by atoms with Crippen molar-refractivity contribution in [3.05, 3.63) is 131 Å². The summed E-state index contributed by atoms with van der Waals surface area (Å²) in [5.74, 6) is -1.66. The highest BCUT2D eigenvalue weighted by atomic mass is 16.7. The van der Waals surface area contributed by atoms with Crippen LogP contribution < -0.4 is 16.0 Å². The van der Waals surface area contributed by atoms with E-state index in [2.05, 4.69) is 16.0 Å². The van der Waals surface area contributed by atoms with Crippen molar-refractivity contribution >= 4 is 40.5 Å². The molecule has 4 aromatic carbocycles. The van der Waals surface area contributed by atoms with Crippen molar-refractivity contribution in [2.24, 2.45) is 0 Å².